The van der Waals surface area contributed by atoms with Crippen LogP contribution < -0.4 is 15.4 Å². The van der Waals surface area contributed by atoms with Gasteiger partial charge >= 0.3 is 0 Å². The van der Waals surface area contributed by atoms with E-state index in [0.29, 0.717) is 18.5 Å². The van der Waals surface area contributed by atoms with Crippen molar-refractivity contribution in [1.29, 1.82) is 0 Å². The van der Waals surface area contributed by atoms with Gasteiger partial charge in [-0.2, -0.15) is 0 Å². The summed E-state index contributed by atoms with van der Waals surface area (Å²) in [6.07, 6.45) is 9.36. The first kappa shape index (κ1) is 25.5. The van der Waals surface area contributed by atoms with Crippen molar-refractivity contribution in [1.82, 2.24) is 15.5 Å². The Labute approximate surface area is 218 Å². The second kappa shape index (κ2) is 11.9. The van der Waals surface area contributed by atoms with Gasteiger partial charge in [0, 0.05) is 18.5 Å². The topological polar surface area (TPSA) is 87.7 Å². The SMILES string of the molecule is O=C1CCC(N2Cc3cc(OC4CCCCC4)ccc3C2=O)C(=O)N1.c1ccc(C2CCNCC2)cc1. The highest BCUT2D eigenvalue weighted by Crippen LogP contribution is 2.31. The van der Waals surface area contributed by atoms with Crippen molar-refractivity contribution in [3.8, 4) is 5.75 Å². The van der Waals surface area contributed by atoms with E-state index in [4.69, 9.17) is 4.74 Å². The fourth-order valence-electron chi connectivity index (χ4n) is 5.88. The third-order valence-corrected chi connectivity index (χ3v) is 7.96. The average molecular weight is 504 g/mol. The number of amides is 3. The lowest BCUT2D eigenvalue weighted by Gasteiger charge is -2.29. The van der Waals surface area contributed by atoms with Gasteiger partial charge < -0.3 is 15.0 Å². The van der Waals surface area contributed by atoms with Gasteiger partial charge in [-0.3, -0.25) is 19.7 Å². The molecule has 7 heteroatoms. The summed E-state index contributed by atoms with van der Waals surface area (Å²) in [5.41, 5.74) is 3.03. The van der Waals surface area contributed by atoms with Gasteiger partial charge in [0.15, 0.2) is 0 Å². The van der Waals surface area contributed by atoms with Crippen LogP contribution in [0.5, 0.6) is 5.75 Å². The molecule has 2 aromatic carbocycles. The second-order valence-electron chi connectivity index (χ2n) is 10.5. The van der Waals surface area contributed by atoms with Crippen LogP contribution in [-0.2, 0) is 16.1 Å². The molecule has 3 aliphatic heterocycles. The summed E-state index contributed by atoms with van der Waals surface area (Å²) in [7, 11) is 0. The Bertz CT molecular complexity index is 1110. The van der Waals surface area contributed by atoms with E-state index < -0.39 is 6.04 Å². The Kier molecular flexibility index (Phi) is 8.19. The van der Waals surface area contributed by atoms with E-state index in [1.54, 1.807) is 11.0 Å². The first-order chi connectivity index (χ1) is 18.1. The zero-order valence-electron chi connectivity index (χ0n) is 21.4. The number of carbonyl (C=O) groups is 3. The summed E-state index contributed by atoms with van der Waals surface area (Å²) in [4.78, 5) is 37.6. The number of piperidine rings is 2. The quantitative estimate of drug-likeness (QED) is 0.607. The van der Waals surface area contributed by atoms with Crippen LogP contribution in [0.1, 0.15) is 85.2 Å². The number of hydrogen-bond acceptors (Lipinski definition) is 5. The highest BCUT2D eigenvalue weighted by atomic mass is 16.5. The van der Waals surface area contributed by atoms with Crippen LogP contribution in [0, 0.1) is 0 Å². The number of fused-ring (bicyclic) bond motifs is 1. The minimum Gasteiger partial charge on any atom is -0.490 e. The third kappa shape index (κ3) is 6.21. The minimum absolute atomic E-state index is 0.145. The van der Waals surface area contributed by atoms with Crippen LogP contribution in [0.4, 0.5) is 0 Å². The number of rotatable bonds is 4. The van der Waals surface area contributed by atoms with Gasteiger partial charge in [0.05, 0.1) is 6.10 Å². The molecule has 2 N–H and O–H groups in total. The molecular weight excluding hydrogens is 466 g/mol. The molecule has 2 aromatic rings. The summed E-state index contributed by atoms with van der Waals surface area (Å²) < 4.78 is 6.08. The Morgan fingerprint density at radius 2 is 1.59 bits per heavy atom. The first-order valence-electron chi connectivity index (χ1n) is 13.8. The molecule has 4 aliphatic rings. The molecule has 3 fully saturated rings. The van der Waals surface area contributed by atoms with Crippen LogP contribution in [0.15, 0.2) is 48.5 Å². The molecule has 1 atom stereocenters. The number of imide groups is 1. The van der Waals surface area contributed by atoms with Gasteiger partial charge in [-0.1, -0.05) is 36.8 Å². The van der Waals surface area contributed by atoms with E-state index in [0.717, 1.165) is 30.1 Å². The minimum atomic E-state index is -0.569. The maximum absolute atomic E-state index is 12.6. The largest absolute Gasteiger partial charge is 0.490 e. The Balaban J connectivity index is 0.000000195. The van der Waals surface area contributed by atoms with Crippen LogP contribution in [0.2, 0.25) is 0 Å². The number of nitrogens with zero attached hydrogens (tertiary/aromatic N) is 1. The predicted octanol–water partition coefficient (Wildman–Crippen LogP) is 4.31. The average Bonchev–Trinajstić information content (AvgIpc) is 3.26. The van der Waals surface area contributed by atoms with Crippen molar-refractivity contribution in [2.75, 3.05) is 13.1 Å². The molecule has 7 nitrogen and oxygen atoms in total. The van der Waals surface area contributed by atoms with Crippen molar-refractivity contribution in [3.63, 3.8) is 0 Å². The van der Waals surface area contributed by atoms with Gasteiger partial charge in [-0.25, -0.2) is 0 Å². The molecule has 37 heavy (non-hydrogen) atoms. The van der Waals surface area contributed by atoms with Crippen molar-refractivity contribution in [3.05, 3.63) is 65.2 Å². The zero-order valence-corrected chi connectivity index (χ0v) is 21.4. The molecule has 0 radical (unpaired) electrons. The van der Waals surface area contributed by atoms with E-state index in [9.17, 15) is 14.4 Å². The molecule has 1 saturated carbocycles. The number of carbonyl (C=O) groups excluding carboxylic acids is 3. The predicted molar refractivity (Wildman–Crippen MR) is 141 cm³/mol. The van der Waals surface area contributed by atoms with Crippen LogP contribution >= 0.6 is 0 Å². The van der Waals surface area contributed by atoms with Crippen molar-refractivity contribution in [2.45, 2.75) is 82.4 Å². The lowest BCUT2D eigenvalue weighted by atomic mass is 9.90. The summed E-state index contributed by atoms with van der Waals surface area (Å²) in [5, 5.41) is 5.71. The van der Waals surface area contributed by atoms with Crippen molar-refractivity contribution < 1.29 is 19.1 Å². The number of benzene rings is 2. The number of hydrogen-bond donors (Lipinski definition) is 2. The molecule has 0 spiro atoms. The lowest BCUT2D eigenvalue weighted by molar-refractivity contribution is -0.136. The molecule has 1 aliphatic carbocycles. The normalized spacial score (nSPS) is 22.6. The zero-order chi connectivity index (χ0) is 25.6. The molecule has 0 aromatic heterocycles. The number of ether oxygens (including phenoxy) is 1. The van der Waals surface area contributed by atoms with E-state index in [1.165, 1.54) is 50.8 Å². The van der Waals surface area contributed by atoms with E-state index >= 15 is 0 Å². The van der Waals surface area contributed by atoms with Crippen molar-refractivity contribution >= 4 is 17.7 Å². The summed E-state index contributed by atoms with van der Waals surface area (Å²) in [5.74, 6) is 0.800. The van der Waals surface area contributed by atoms with Gasteiger partial charge in [-0.15, -0.1) is 0 Å². The Morgan fingerprint density at radius 3 is 2.32 bits per heavy atom. The second-order valence-corrected chi connectivity index (χ2v) is 10.5. The third-order valence-electron chi connectivity index (χ3n) is 7.96. The standard InChI is InChI=1S/C19H22N2O4.C11H15N/c22-17-9-8-16(18(23)20-17)21-11-12-10-14(6-7-15(12)19(21)24)25-13-4-2-1-3-5-13;1-2-4-10(5-3-1)11-6-8-12-9-7-11/h6-7,10,13,16H,1-5,8-9,11H2,(H,20,22,23);1-5,11-12H,6-9H2. The molecule has 1 unspecified atom stereocenters. The Morgan fingerprint density at radius 1 is 0.838 bits per heavy atom. The van der Waals surface area contributed by atoms with Crippen molar-refractivity contribution in [2.24, 2.45) is 0 Å². The maximum Gasteiger partial charge on any atom is 0.255 e. The molecule has 196 valence electrons. The fourth-order valence-corrected chi connectivity index (χ4v) is 5.88. The fraction of sp³-hybridized carbons (Fsp3) is 0.500. The molecule has 6 rings (SSSR count). The van der Waals surface area contributed by atoms with E-state index in [2.05, 4.69) is 41.0 Å². The van der Waals surface area contributed by atoms with E-state index in [1.807, 2.05) is 12.1 Å². The Hall–Kier alpha value is -3.19. The smallest absolute Gasteiger partial charge is 0.255 e. The van der Waals surface area contributed by atoms with Gasteiger partial charge in [0.25, 0.3) is 5.91 Å². The highest BCUT2D eigenvalue weighted by molar-refractivity contribution is 6.05. The number of nitrogens with one attached hydrogen (secondary N) is 2. The monoisotopic (exact) mass is 503 g/mol. The first-order valence-corrected chi connectivity index (χ1v) is 13.8. The molecular formula is C30H37N3O4. The van der Waals surface area contributed by atoms with Gasteiger partial charge in [-0.05, 0) is 93.3 Å². The highest BCUT2D eigenvalue weighted by Gasteiger charge is 2.39. The molecule has 3 amide bonds. The van der Waals surface area contributed by atoms with Crippen LogP contribution in [0.3, 0.4) is 0 Å². The molecule has 0 bridgehead atoms. The van der Waals surface area contributed by atoms with Crippen LogP contribution in [0.25, 0.3) is 0 Å². The molecule has 2 saturated heterocycles. The summed E-state index contributed by atoms with van der Waals surface area (Å²) in [6.45, 7) is 2.75. The lowest BCUT2D eigenvalue weighted by Crippen LogP contribution is -2.52. The van der Waals surface area contributed by atoms with Crippen LogP contribution in [-0.4, -0.2) is 47.9 Å². The summed E-state index contributed by atoms with van der Waals surface area (Å²) >= 11 is 0. The summed E-state index contributed by atoms with van der Waals surface area (Å²) in [6, 6.07) is 15.8. The van der Waals surface area contributed by atoms with Gasteiger partial charge in [0.1, 0.15) is 11.8 Å². The molecule has 3 heterocycles. The maximum atomic E-state index is 12.6. The van der Waals surface area contributed by atoms with E-state index in [-0.39, 0.29) is 30.2 Å². The van der Waals surface area contributed by atoms with Gasteiger partial charge in [0.2, 0.25) is 11.8 Å².